The van der Waals surface area contributed by atoms with Gasteiger partial charge in [-0.15, -0.1) is 0 Å². The molecule has 1 N–H and O–H groups in total. The van der Waals surface area contributed by atoms with Crippen LogP contribution in [0.25, 0.3) is 0 Å². The molecule has 0 aliphatic rings. The summed E-state index contributed by atoms with van der Waals surface area (Å²) in [7, 11) is 0. The molecule has 2 heteroatoms. The molecule has 0 aliphatic carbocycles. The molecule has 0 amide bonds. The van der Waals surface area contributed by atoms with Crippen LogP contribution in [0, 0.1) is 5.92 Å². The lowest BCUT2D eigenvalue weighted by Gasteiger charge is -2.10. The zero-order valence-electron chi connectivity index (χ0n) is 9.89. The highest BCUT2D eigenvalue weighted by Crippen LogP contribution is 2.03. The fourth-order valence-corrected chi connectivity index (χ4v) is 0.930. The summed E-state index contributed by atoms with van der Waals surface area (Å²) in [5.41, 5.74) is 1.11. The van der Waals surface area contributed by atoms with Gasteiger partial charge in [0, 0.05) is 12.2 Å². The maximum atomic E-state index is 5.44. The van der Waals surface area contributed by atoms with Crippen LogP contribution in [0.4, 0.5) is 0 Å². The molecule has 0 aromatic rings. The Bertz CT molecular complexity index is 194. The van der Waals surface area contributed by atoms with Crippen molar-refractivity contribution in [1.29, 1.82) is 0 Å². The maximum absolute atomic E-state index is 5.44. The zero-order chi connectivity index (χ0) is 11.0. The molecule has 0 aromatic carbocycles. The third kappa shape index (κ3) is 7.71. The summed E-state index contributed by atoms with van der Waals surface area (Å²) in [5, 5.41) is 3.27. The SMILES string of the molecule is C=C(/C=C(\C)NCCC)OCC(C)C. The molecule has 0 aromatic heterocycles. The molecule has 0 aliphatic heterocycles. The van der Waals surface area contributed by atoms with Crippen molar-refractivity contribution in [3.05, 3.63) is 24.1 Å². The van der Waals surface area contributed by atoms with E-state index in [0.717, 1.165) is 31.0 Å². The second-order valence-corrected chi connectivity index (χ2v) is 3.93. The summed E-state index contributed by atoms with van der Waals surface area (Å²) in [6, 6.07) is 0. The highest BCUT2D eigenvalue weighted by molar-refractivity contribution is 5.12. The van der Waals surface area contributed by atoms with Crippen molar-refractivity contribution >= 4 is 0 Å². The van der Waals surface area contributed by atoms with E-state index in [2.05, 4.69) is 32.7 Å². The maximum Gasteiger partial charge on any atom is 0.113 e. The Morgan fingerprint density at radius 3 is 2.64 bits per heavy atom. The minimum Gasteiger partial charge on any atom is -0.494 e. The predicted molar refractivity (Wildman–Crippen MR) is 62.0 cm³/mol. The van der Waals surface area contributed by atoms with Gasteiger partial charge in [0.2, 0.25) is 0 Å². The molecule has 2 nitrogen and oxygen atoms in total. The highest BCUT2D eigenvalue weighted by atomic mass is 16.5. The van der Waals surface area contributed by atoms with Crippen molar-refractivity contribution in [2.24, 2.45) is 5.92 Å². The third-order valence-corrected chi connectivity index (χ3v) is 1.63. The molecule has 0 saturated heterocycles. The first-order valence-electron chi connectivity index (χ1n) is 5.30. The standard InChI is InChI=1S/C12H23NO/c1-6-7-13-11(4)8-12(5)14-9-10(2)3/h8,10,13H,5-7,9H2,1-4H3/b11-8+. The van der Waals surface area contributed by atoms with Gasteiger partial charge in [0.05, 0.1) is 6.61 Å². The fourth-order valence-electron chi connectivity index (χ4n) is 0.930. The summed E-state index contributed by atoms with van der Waals surface area (Å²) in [5.74, 6) is 1.28. The number of ether oxygens (including phenoxy) is 1. The van der Waals surface area contributed by atoms with E-state index in [0.29, 0.717) is 5.92 Å². The van der Waals surface area contributed by atoms with Gasteiger partial charge in [-0.3, -0.25) is 0 Å². The van der Waals surface area contributed by atoms with Crippen LogP contribution in [0.3, 0.4) is 0 Å². The number of hydrogen-bond acceptors (Lipinski definition) is 2. The number of rotatable bonds is 7. The van der Waals surface area contributed by atoms with Gasteiger partial charge in [-0.05, 0) is 25.3 Å². The van der Waals surface area contributed by atoms with Gasteiger partial charge in [-0.2, -0.15) is 0 Å². The average molecular weight is 197 g/mol. The van der Waals surface area contributed by atoms with Crippen LogP contribution >= 0.6 is 0 Å². The van der Waals surface area contributed by atoms with Crippen LogP contribution in [-0.4, -0.2) is 13.2 Å². The molecule has 0 rings (SSSR count). The topological polar surface area (TPSA) is 21.3 Å². The van der Waals surface area contributed by atoms with Gasteiger partial charge >= 0.3 is 0 Å². The summed E-state index contributed by atoms with van der Waals surface area (Å²) in [6.07, 6.45) is 3.07. The molecule has 0 radical (unpaired) electrons. The minimum absolute atomic E-state index is 0.545. The van der Waals surface area contributed by atoms with Gasteiger partial charge < -0.3 is 10.1 Å². The van der Waals surface area contributed by atoms with Gasteiger partial charge in [-0.25, -0.2) is 0 Å². The smallest absolute Gasteiger partial charge is 0.113 e. The van der Waals surface area contributed by atoms with Gasteiger partial charge in [0.15, 0.2) is 0 Å². The molecular weight excluding hydrogens is 174 g/mol. The van der Waals surface area contributed by atoms with Gasteiger partial charge in [0.1, 0.15) is 5.76 Å². The van der Waals surface area contributed by atoms with Crippen molar-refractivity contribution in [3.63, 3.8) is 0 Å². The Hall–Kier alpha value is -0.920. The van der Waals surface area contributed by atoms with E-state index in [9.17, 15) is 0 Å². The van der Waals surface area contributed by atoms with E-state index in [1.54, 1.807) is 0 Å². The molecule has 0 heterocycles. The second kappa shape index (κ2) is 7.48. The summed E-state index contributed by atoms with van der Waals surface area (Å²) in [4.78, 5) is 0. The normalized spacial score (nSPS) is 11.6. The van der Waals surface area contributed by atoms with Crippen molar-refractivity contribution in [3.8, 4) is 0 Å². The largest absolute Gasteiger partial charge is 0.494 e. The molecule has 0 spiro atoms. The van der Waals surface area contributed by atoms with Crippen LogP contribution in [0.2, 0.25) is 0 Å². The average Bonchev–Trinajstić information content (AvgIpc) is 2.11. The zero-order valence-corrected chi connectivity index (χ0v) is 9.89. The number of hydrogen-bond donors (Lipinski definition) is 1. The quantitative estimate of drug-likeness (QED) is 0.500. The molecule has 82 valence electrons. The lowest BCUT2D eigenvalue weighted by atomic mass is 10.2. The lowest BCUT2D eigenvalue weighted by Crippen LogP contribution is -2.12. The third-order valence-electron chi connectivity index (χ3n) is 1.63. The van der Waals surface area contributed by atoms with Crippen molar-refractivity contribution in [2.45, 2.75) is 34.1 Å². The Morgan fingerprint density at radius 2 is 2.14 bits per heavy atom. The van der Waals surface area contributed by atoms with E-state index >= 15 is 0 Å². The molecular formula is C12H23NO. The molecule has 0 bridgehead atoms. The van der Waals surface area contributed by atoms with Crippen LogP contribution in [0.5, 0.6) is 0 Å². The predicted octanol–water partition coefficient (Wildman–Crippen LogP) is 3.08. The van der Waals surface area contributed by atoms with Crippen molar-refractivity contribution in [1.82, 2.24) is 5.32 Å². The fraction of sp³-hybridized carbons (Fsp3) is 0.667. The Labute approximate surface area is 88.0 Å². The first-order valence-corrected chi connectivity index (χ1v) is 5.30. The Morgan fingerprint density at radius 1 is 1.50 bits per heavy atom. The number of nitrogens with one attached hydrogen (secondary N) is 1. The Kier molecular flexibility index (Phi) is 6.99. The summed E-state index contributed by atoms with van der Waals surface area (Å²) < 4.78 is 5.44. The van der Waals surface area contributed by atoms with E-state index in [1.165, 1.54) is 0 Å². The van der Waals surface area contributed by atoms with Crippen molar-refractivity contribution < 1.29 is 4.74 Å². The highest BCUT2D eigenvalue weighted by Gasteiger charge is 1.96. The van der Waals surface area contributed by atoms with E-state index in [1.807, 2.05) is 13.0 Å². The van der Waals surface area contributed by atoms with Gasteiger partial charge in [-0.1, -0.05) is 27.4 Å². The van der Waals surface area contributed by atoms with E-state index in [4.69, 9.17) is 4.74 Å². The summed E-state index contributed by atoms with van der Waals surface area (Å²) >= 11 is 0. The second-order valence-electron chi connectivity index (χ2n) is 3.93. The van der Waals surface area contributed by atoms with Crippen LogP contribution in [-0.2, 0) is 4.74 Å². The van der Waals surface area contributed by atoms with Crippen molar-refractivity contribution in [2.75, 3.05) is 13.2 Å². The van der Waals surface area contributed by atoms with Crippen LogP contribution < -0.4 is 5.32 Å². The molecule has 14 heavy (non-hydrogen) atoms. The molecule has 0 unspecified atom stereocenters. The molecule has 0 fully saturated rings. The summed E-state index contributed by atoms with van der Waals surface area (Å²) in [6.45, 7) is 14.0. The van der Waals surface area contributed by atoms with Gasteiger partial charge in [0.25, 0.3) is 0 Å². The van der Waals surface area contributed by atoms with E-state index < -0.39 is 0 Å². The first kappa shape index (κ1) is 13.1. The molecule has 0 atom stereocenters. The lowest BCUT2D eigenvalue weighted by molar-refractivity contribution is 0.191. The molecule has 0 saturated carbocycles. The van der Waals surface area contributed by atoms with E-state index in [-0.39, 0.29) is 0 Å². The number of allylic oxidation sites excluding steroid dienone is 2. The monoisotopic (exact) mass is 197 g/mol. The first-order chi connectivity index (χ1) is 6.56. The van der Waals surface area contributed by atoms with Crippen LogP contribution in [0.1, 0.15) is 34.1 Å². The van der Waals surface area contributed by atoms with Crippen LogP contribution in [0.15, 0.2) is 24.1 Å². The minimum atomic E-state index is 0.545. The Balaban J connectivity index is 3.77.